The molecule has 0 radical (unpaired) electrons. The van der Waals surface area contributed by atoms with Crippen molar-refractivity contribution in [3.8, 4) is 0 Å². The maximum atomic E-state index is 11.7. The first-order valence-electron chi connectivity index (χ1n) is 4.26. The zero-order valence-corrected chi connectivity index (χ0v) is 7.84. The molecule has 0 aliphatic rings. The van der Waals surface area contributed by atoms with E-state index < -0.39 is 12.8 Å². The summed E-state index contributed by atoms with van der Waals surface area (Å²) in [6, 6.07) is 0. The second kappa shape index (κ2) is 5.08. The summed E-state index contributed by atoms with van der Waals surface area (Å²) >= 11 is 0. The molecule has 0 bridgehead atoms. The van der Waals surface area contributed by atoms with Crippen molar-refractivity contribution in [3.63, 3.8) is 0 Å². The van der Waals surface area contributed by atoms with Gasteiger partial charge >= 0.3 is 6.18 Å². The van der Waals surface area contributed by atoms with Crippen LogP contribution in [0.2, 0.25) is 0 Å². The third kappa shape index (κ3) is 4.75. The van der Waals surface area contributed by atoms with Gasteiger partial charge in [-0.1, -0.05) is 0 Å². The Kier molecular flexibility index (Phi) is 4.04. The van der Waals surface area contributed by atoms with Gasteiger partial charge in [-0.05, 0) is 6.54 Å². The SMILES string of the molecule is NCCc1n[nH]c(COCC(F)(F)F)n1. The lowest BCUT2D eigenvalue weighted by Crippen LogP contribution is -2.17. The van der Waals surface area contributed by atoms with E-state index in [1.165, 1.54) is 0 Å². The van der Waals surface area contributed by atoms with Crippen LogP contribution in [0, 0.1) is 0 Å². The fourth-order valence-corrected chi connectivity index (χ4v) is 0.904. The summed E-state index contributed by atoms with van der Waals surface area (Å²) in [6.07, 6.45) is -3.84. The van der Waals surface area contributed by atoms with Crippen LogP contribution in [-0.4, -0.2) is 34.5 Å². The number of aromatic nitrogens is 3. The van der Waals surface area contributed by atoms with Crippen molar-refractivity contribution < 1.29 is 17.9 Å². The first-order valence-corrected chi connectivity index (χ1v) is 4.26. The average Bonchev–Trinajstić information content (AvgIpc) is 2.51. The van der Waals surface area contributed by atoms with E-state index in [4.69, 9.17) is 5.73 Å². The highest BCUT2D eigenvalue weighted by Crippen LogP contribution is 2.14. The number of hydrogen-bond acceptors (Lipinski definition) is 4. The minimum Gasteiger partial charge on any atom is -0.364 e. The molecule has 0 saturated carbocycles. The fourth-order valence-electron chi connectivity index (χ4n) is 0.904. The number of nitrogens with one attached hydrogen (secondary N) is 1. The molecule has 0 saturated heterocycles. The van der Waals surface area contributed by atoms with E-state index in [1.54, 1.807) is 0 Å². The Balaban J connectivity index is 2.31. The van der Waals surface area contributed by atoms with Crippen molar-refractivity contribution in [3.05, 3.63) is 11.6 Å². The second-order valence-electron chi connectivity index (χ2n) is 2.84. The van der Waals surface area contributed by atoms with Crippen LogP contribution >= 0.6 is 0 Å². The van der Waals surface area contributed by atoms with Crippen molar-refractivity contribution in [2.45, 2.75) is 19.2 Å². The average molecular weight is 224 g/mol. The van der Waals surface area contributed by atoms with Gasteiger partial charge in [-0.2, -0.15) is 18.3 Å². The summed E-state index contributed by atoms with van der Waals surface area (Å²) in [5.74, 6) is 0.741. The Labute approximate surface area is 83.8 Å². The van der Waals surface area contributed by atoms with E-state index in [-0.39, 0.29) is 12.4 Å². The molecule has 0 amide bonds. The van der Waals surface area contributed by atoms with E-state index in [0.29, 0.717) is 18.8 Å². The first kappa shape index (κ1) is 11.9. The molecule has 0 unspecified atom stereocenters. The lowest BCUT2D eigenvalue weighted by molar-refractivity contribution is -0.177. The van der Waals surface area contributed by atoms with Gasteiger partial charge in [0.1, 0.15) is 13.2 Å². The monoisotopic (exact) mass is 224 g/mol. The van der Waals surface area contributed by atoms with Crippen LogP contribution < -0.4 is 5.73 Å². The molecule has 1 aromatic heterocycles. The van der Waals surface area contributed by atoms with Crippen molar-refractivity contribution in [2.75, 3.05) is 13.2 Å². The maximum Gasteiger partial charge on any atom is 0.411 e. The largest absolute Gasteiger partial charge is 0.411 e. The molecule has 0 spiro atoms. The molecule has 0 aromatic carbocycles. The maximum absolute atomic E-state index is 11.7. The number of H-pyrrole nitrogens is 1. The minimum atomic E-state index is -4.32. The zero-order chi connectivity index (χ0) is 11.3. The van der Waals surface area contributed by atoms with Gasteiger partial charge in [0.2, 0.25) is 0 Å². The Bertz CT molecular complexity index is 299. The number of ether oxygens (including phenoxy) is 1. The van der Waals surface area contributed by atoms with Crippen LogP contribution in [-0.2, 0) is 17.8 Å². The lowest BCUT2D eigenvalue weighted by Gasteiger charge is -2.05. The molecule has 86 valence electrons. The number of hydrogen-bond donors (Lipinski definition) is 2. The van der Waals surface area contributed by atoms with E-state index in [2.05, 4.69) is 19.9 Å². The highest BCUT2D eigenvalue weighted by Gasteiger charge is 2.27. The fraction of sp³-hybridized carbons (Fsp3) is 0.714. The highest BCUT2D eigenvalue weighted by atomic mass is 19.4. The number of nitrogens with zero attached hydrogens (tertiary/aromatic N) is 2. The van der Waals surface area contributed by atoms with E-state index in [1.807, 2.05) is 0 Å². The molecule has 0 aliphatic heterocycles. The number of aromatic amines is 1. The minimum absolute atomic E-state index is 0.239. The molecular formula is C7H11F3N4O. The van der Waals surface area contributed by atoms with Gasteiger partial charge in [0.25, 0.3) is 0 Å². The van der Waals surface area contributed by atoms with E-state index in [0.717, 1.165) is 0 Å². The van der Waals surface area contributed by atoms with Crippen molar-refractivity contribution in [1.29, 1.82) is 0 Å². The van der Waals surface area contributed by atoms with Crippen molar-refractivity contribution in [2.24, 2.45) is 5.73 Å². The van der Waals surface area contributed by atoms with Crippen LogP contribution in [0.4, 0.5) is 13.2 Å². The molecule has 0 aliphatic carbocycles. The van der Waals surface area contributed by atoms with Gasteiger partial charge in [0, 0.05) is 6.42 Å². The lowest BCUT2D eigenvalue weighted by atomic mass is 10.4. The third-order valence-electron chi connectivity index (χ3n) is 1.45. The molecule has 8 heteroatoms. The van der Waals surface area contributed by atoms with Crippen LogP contribution in [0.5, 0.6) is 0 Å². The quantitative estimate of drug-likeness (QED) is 0.758. The van der Waals surface area contributed by atoms with Crippen molar-refractivity contribution >= 4 is 0 Å². The standard InChI is InChI=1S/C7H11F3N4O/c8-7(9,10)4-15-3-6-12-5(1-2-11)13-14-6/h1-4,11H2,(H,12,13,14). The van der Waals surface area contributed by atoms with Gasteiger partial charge in [-0.15, -0.1) is 0 Å². The van der Waals surface area contributed by atoms with Crippen LogP contribution in [0.1, 0.15) is 11.6 Å². The molecule has 1 aromatic rings. The molecule has 1 heterocycles. The molecular weight excluding hydrogens is 213 g/mol. The molecule has 0 fully saturated rings. The summed E-state index contributed by atoms with van der Waals surface area (Å²) in [7, 11) is 0. The van der Waals surface area contributed by atoms with E-state index >= 15 is 0 Å². The van der Waals surface area contributed by atoms with Crippen molar-refractivity contribution in [1.82, 2.24) is 15.2 Å². The van der Waals surface area contributed by atoms with Crippen LogP contribution in [0.3, 0.4) is 0 Å². The molecule has 5 nitrogen and oxygen atoms in total. The smallest absolute Gasteiger partial charge is 0.364 e. The summed E-state index contributed by atoms with van der Waals surface area (Å²) < 4.78 is 39.5. The van der Waals surface area contributed by atoms with Crippen LogP contribution in [0.25, 0.3) is 0 Å². The van der Waals surface area contributed by atoms with Gasteiger partial charge in [-0.3, -0.25) is 5.10 Å². The summed E-state index contributed by atoms with van der Waals surface area (Å²) in [4.78, 5) is 3.88. The molecule has 3 N–H and O–H groups in total. The van der Waals surface area contributed by atoms with Gasteiger partial charge in [0.05, 0.1) is 0 Å². The molecule has 1 rings (SSSR count). The third-order valence-corrected chi connectivity index (χ3v) is 1.45. The number of alkyl halides is 3. The van der Waals surface area contributed by atoms with E-state index in [9.17, 15) is 13.2 Å². The molecule has 0 atom stereocenters. The predicted molar refractivity (Wildman–Crippen MR) is 44.9 cm³/mol. The number of halogens is 3. The topological polar surface area (TPSA) is 76.8 Å². The second-order valence-corrected chi connectivity index (χ2v) is 2.84. The van der Waals surface area contributed by atoms with Gasteiger partial charge in [0.15, 0.2) is 11.6 Å². The zero-order valence-electron chi connectivity index (χ0n) is 7.84. The number of rotatable bonds is 5. The summed E-state index contributed by atoms with van der Waals surface area (Å²) in [5, 5.41) is 6.21. The Morgan fingerprint density at radius 1 is 1.40 bits per heavy atom. The first-order chi connectivity index (χ1) is 7.01. The number of nitrogens with two attached hydrogens (primary N) is 1. The predicted octanol–water partition coefficient (Wildman–Crippen LogP) is 0.385. The Hall–Kier alpha value is -1.15. The Morgan fingerprint density at radius 3 is 2.73 bits per heavy atom. The summed E-state index contributed by atoms with van der Waals surface area (Å²) in [5.41, 5.74) is 5.25. The highest BCUT2D eigenvalue weighted by molar-refractivity contribution is 4.89. The Morgan fingerprint density at radius 2 is 2.13 bits per heavy atom. The van der Waals surface area contributed by atoms with Crippen LogP contribution in [0.15, 0.2) is 0 Å². The normalized spacial score (nSPS) is 12.0. The molecule has 15 heavy (non-hydrogen) atoms. The van der Waals surface area contributed by atoms with Gasteiger partial charge < -0.3 is 10.5 Å². The van der Waals surface area contributed by atoms with Gasteiger partial charge in [-0.25, -0.2) is 4.98 Å². The summed E-state index contributed by atoms with van der Waals surface area (Å²) in [6.45, 7) is -1.14.